The van der Waals surface area contributed by atoms with Crippen molar-refractivity contribution in [2.45, 2.75) is 40.5 Å². The minimum absolute atomic E-state index is 0.0112. The highest BCUT2D eigenvalue weighted by molar-refractivity contribution is 7.17. The molecule has 0 fully saturated rings. The van der Waals surface area contributed by atoms with Crippen molar-refractivity contribution < 1.29 is 14.3 Å². The summed E-state index contributed by atoms with van der Waals surface area (Å²) in [5.74, 6) is 1.46. The first-order valence-corrected chi connectivity index (χ1v) is 9.53. The third-order valence-electron chi connectivity index (χ3n) is 3.51. The molecular formula is C19H25N3O3S. The number of aromatic nitrogens is 1. The molecule has 26 heavy (non-hydrogen) atoms. The van der Waals surface area contributed by atoms with Crippen molar-refractivity contribution >= 4 is 28.5 Å². The first kappa shape index (κ1) is 19.9. The van der Waals surface area contributed by atoms with Gasteiger partial charge in [0, 0.05) is 6.92 Å². The molecule has 140 valence electrons. The van der Waals surface area contributed by atoms with Crippen LogP contribution in [0.3, 0.4) is 0 Å². The first-order valence-electron chi connectivity index (χ1n) is 8.72. The van der Waals surface area contributed by atoms with E-state index in [1.165, 1.54) is 18.3 Å². The highest BCUT2D eigenvalue weighted by Gasteiger charge is 2.10. The molecule has 1 heterocycles. The van der Waals surface area contributed by atoms with E-state index < -0.39 is 0 Å². The number of unbranched alkanes of at least 4 members (excludes halogenated alkanes) is 1. The maximum Gasteiger partial charge on any atom is 0.204 e. The van der Waals surface area contributed by atoms with Crippen LogP contribution in [0.25, 0.3) is 0 Å². The SMILES string of the molecule is CCCCOc1ccc(/C=N\Nc2nc(C)c(C(C)=O)s2)cc1OCC. The fraction of sp³-hybridized carbons (Fsp3) is 0.421. The van der Waals surface area contributed by atoms with Gasteiger partial charge in [0.1, 0.15) is 0 Å². The highest BCUT2D eigenvalue weighted by Crippen LogP contribution is 2.28. The van der Waals surface area contributed by atoms with Crippen LogP contribution in [0.2, 0.25) is 0 Å². The fourth-order valence-corrected chi connectivity index (χ4v) is 3.06. The predicted octanol–water partition coefficient (Wildman–Crippen LogP) is 4.68. The molecule has 0 aliphatic heterocycles. The van der Waals surface area contributed by atoms with Crippen molar-refractivity contribution in [3.05, 3.63) is 34.3 Å². The summed E-state index contributed by atoms with van der Waals surface area (Å²) in [6.07, 6.45) is 3.78. The van der Waals surface area contributed by atoms with Crippen LogP contribution in [0.4, 0.5) is 5.13 Å². The Balaban J connectivity index is 2.05. The normalized spacial score (nSPS) is 10.9. The first-order chi connectivity index (χ1) is 12.5. The molecule has 0 bridgehead atoms. The standard InChI is InChI=1S/C19H25N3O3S/c1-5-7-10-25-16-9-8-15(11-17(16)24-6-2)12-20-22-19-21-13(3)18(26-19)14(4)23/h8-9,11-12H,5-7,10H2,1-4H3,(H,21,22)/b20-12-. The topological polar surface area (TPSA) is 72.8 Å². The van der Waals surface area contributed by atoms with Crippen LogP contribution in [0.5, 0.6) is 11.5 Å². The van der Waals surface area contributed by atoms with Crippen molar-refractivity contribution in [1.82, 2.24) is 4.98 Å². The molecule has 1 N–H and O–H groups in total. The average molecular weight is 375 g/mol. The molecule has 1 aromatic heterocycles. The van der Waals surface area contributed by atoms with Crippen LogP contribution in [-0.2, 0) is 0 Å². The van der Waals surface area contributed by atoms with Crippen molar-refractivity contribution in [1.29, 1.82) is 0 Å². The van der Waals surface area contributed by atoms with E-state index in [0.717, 1.165) is 24.2 Å². The fourth-order valence-electron chi connectivity index (χ4n) is 2.25. The Kier molecular flexibility index (Phi) is 7.59. The summed E-state index contributed by atoms with van der Waals surface area (Å²) >= 11 is 1.30. The van der Waals surface area contributed by atoms with E-state index in [4.69, 9.17) is 9.47 Å². The summed E-state index contributed by atoms with van der Waals surface area (Å²) < 4.78 is 11.4. The molecule has 0 spiro atoms. The molecular weight excluding hydrogens is 350 g/mol. The number of ketones is 1. The number of anilines is 1. The van der Waals surface area contributed by atoms with E-state index >= 15 is 0 Å². The largest absolute Gasteiger partial charge is 0.490 e. The summed E-state index contributed by atoms with van der Waals surface area (Å²) in [7, 11) is 0. The Morgan fingerprint density at radius 1 is 1.31 bits per heavy atom. The number of hydrazone groups is 1. The molecule has 1 aromatic carbocycles. The lowest BCUT2D eigenvalue weighted by atomic mass is 10.2. The van der Waals surface area contributed by atoms with Crippen LogP contribution in [0.1, 0.15) is 54.5 Å². The number of Topliss-reactive ketones (excluding diaryl/α,β-unsaturated/α-hetero) is 1. The summed E-state index contributed by atoms with van der Waals surface area (Å²) in [6.45, 7) is 8.65. The lowest BCUT2D eigenvalue weighted by molar-refractivity contribution is 0.102. The molecule has 7 heteroatoms. The number of aryl methyl sites for hydroxylation is 1. The number of hydrogen-bond acceptors (Lipinski definition) is 7. The number of benzene rings is 1. The highest BCUT2D eigenvalue weighted by atomic mass is 32.1. The van der Waals surface area contributed by atoms with Crippen LogP contribution >= 0.6 is 11.3 Å². The third kappa shape index (κ3) is 5.56. The maximum atomic E-state index is 11.5. The van der Waals surface area contributed by atoms with Gasteiger partial charge in [0.25, 0.3) is 0 Å². The minimum atomic E-state index is 0.0112. The molecule has 0 radical (unpaired) electrons. The maximum absolute atomic E-state index is 11.5. The molecule has 0 aliphatic carbocycles. The smallest absolute Gasteiger partial charge is 0.204 e. The zero-order valence-corrected chi connectivity index (χ0v) is 16.5. The number of carbonyl (C=O) groups excluding carboxylic acids is 1. The van der Waals surface area contributed by atoms with E-state index in [-0.39, 0.29) is 5.78 Å². The number of thiazole rings is 1. The number of carbonyl (C=O) groups is 1. The van der Waals surface area contributed by atoms with Crippen molar-refractivity contribution in [3.8, 4) is 11.5 Å². The summed E-state index contributed by atoms with van der Waals surface area (Å²) in [5, 5.41) is 4.79. The zero-order chi connectivity index (χ0) is 18.9. The van der Waals surface area contributed by atoms with Gasteiger partial charge in [0.2, 0.25) is 5.13 Å². The van der Waals surface area contributed by atoms with Gasteiger partial charge in [-0.1, -0.05) is 24.7 Å². The van der Waals surface area contributed by atoms with Crippen LogP contribution < -0.4 is 14.9 Å². The predicted molar refractivity (Wildman–Crippen MR) is 106 cm³/mol. The molecule has 0 saturated heterocycles. The summed E-state index contributed by atoms with van der Waals surface area (Å²) in [6, 6.07) is 5.70. The number of nitrogens with one attached hydrogen (secondary N) is 1. The van der Waals surface area contributed by atoms with Gasteiger partial charge in [0.05, 0.1) is 30.0 Å². The molecule has 0 saturated carbocycles. The molecule has 0 aliphatic rings. The van der Waals surface area contributed by atoms with Gasteiger partial charge in [-0.15, -0.1) is 0 Å². The summed E-state index contributed by atoms with van der Waals surface area (Å²) in [4.78, 5) is 16.4. The lowest BCUT2D eigenvalue weighted by Gasteiger charge is -2.12. The van der Waals surface area contributed by atoms with Gasteiger partial charge in [0.15, 0.2) is 17.3 Å². The Bertz CT molecular complexity index is 771. The van der Waals surface area contributed by atoms with E-state index in [1.54, 1.807) is 6.21 Å². The number of ether oxygens (including phenoxy) is 2. The molecule has 0 unspecified atom stereocenters. The van der Waals surface area contributed by atoms with Crippen LogP contribution in [0, 0.1) is 6.92 Å². The minimum Gasteiger partial charge on any atom is -0.490 e. The third-order valence-corrected chi connectivity index (χ3v) is 4.68. The lowest BCUT2D eigenvalue weighted by Crippen LogP contribution is -2.01. The second-order valence-electron chi connectivity index (χ2n) is 5.70. The number of nitrogens with zero attached hydrogens (tertiary/aromatic N) is 2. The molecule has 2 aromatic rings. The van der Waals surface area contributed by atoms with E-state index in [0.29, 0.717) is 34.7 Å². The van der Waals surface area contributed by atoms with Crippen LogP contribution in [0.15, 0.2) is 23.3 Å². The molecule has 0 atom stereocenters. The van der Waals surface area contributed by atoms with Crippen molar-refractivity contribution in [2.24, 2.45) is 5.10 Å². The van der Waals surface area contributed by atoms with E-state index in [2.05, 4.69) is 22.4 Å². The number of hydrogen-bond donors (Lipinski definition) is 1. The Morgan fingerprint density at radius 3 is 2.77 bits per heavy atom. The Labute approximate surface area is 158 Å². The average Bonchev–Trinajstić information content (AvgIpc) is 2.98. The zero-order valence-electron chi connectivity index (χ0n) is 15.7. The van der Waals surface area contributed by atoms with Crippen LogP contribution in [-0.4, -0.2) is 30.2 Å². The van der Waals surface area contributed by atoms with Gasteiger partial charge in [-0.3, -0.25) is 10.2 Å². The van der Waals surface area contributed by atoms with E-state index in [1.807, 2.05) is 32.0 Å². The van der Waals surface area contributed by atoms with Crippen molar-refractivity contribution in [3.63, 3.8) is 0 Å². The monoisotopic (exact) mass is 375 g/mol. The molecule has 6 nitrogen and oxygen atoms in total. The Hall–Kier alpha value is -2.41. The number of rotatable bonds is 10. The molecule has 0 amide bonds. The van der Waals surface area contributed by atoms with Gasteiger partial charge >= 0.3 is 0 Å². The summed E-state index contributed by atoms with van der Waals surface area (Å²) in [5.41, 5.74) is 4.46. The second kappa shape index (κ2) is 9.91. The van der Waals surface area contributed by atoms with Crippen molar-refractivity contribution in [2.75, 3.05) is 18.6 Å². The Morgan fingerprint density at radius 2 is 2.12 bits per heavy atom. The van der Waals surface area contributed by atoms with Gasteiger partial charge in [-0.2, -0.15) is 5.10 Å². The van der Waals surface area contributed by atoms with Gasteiger partial charge in [-0.05, 0) is 44.0 Å². The van der Waals surface area contributed by atoms with Gasteiger partial charge in [-0.25, -0.2) is 4.98 Å². The van der Waals surface area contributed by atoms with Gasteiger partial charge < -0.3 is 9.47 Å². The quantitative estimate of drug-likeness (QED) is 0.282. The van der Waals surface area contributed by atoms with E-state index in [9.17, 15) is 4.79 Å². The second-order valence-corrected chi connectivity index (χ2v) is 6.70. The molecule has 2 rings (SSSR count).